The summed E-state index contributed by atoms with van der Waals surface area (Å²) in [6, 6.07) is 16.9. The van der Waals surface area contributed by atoms with Crippen molar-refractivity contribution in [3.8, 4) is 5.75 Å². The first-order valence-corrected chi connectivity index (χ1v) is 9.32. The molecule has 0 unspecified atom stereocenters. The highest BCUT2D eigenvalue weighted by atomic mass is 16.5. The Morgan fingerprint density at radius 2 is 1.63 bits per heavy atom. The topological polar surface area (TPSA) is 64.6 Å². The summed E-state index contributed by atoms with van der Waals surface area (Å²) in [6.45, 7) is -0.255. The molecule has 3 rings (SSSR count). The van der Waals surface area contributed by atoms with Crippen LogP contribution in [0.15, 0.2) is 54.6 Å². The molecule has 142 valence electrons. The molecule has 1 aliphatic carbocycles. The van der Waals surface area contributed by atoms with Crippen LogP contribution in [-0.2, 0) is 14.3 Å². The number of carbonyl (C=O) groups excluding carboxylic acids is 2. The molecule has 1 aliphatic rings. The van der Waals surface area contributed by atoms with Crippen LogP contribution in [0.2, 0.25) is 0 Å². The van der Waals surface area contributed by atoms with Gasteiger partial charge in [0, 0.05) is 0 Å². The Morgan fingerprint density at radius 1 is 1.00 bits per heavy atom. The fourth-order valence-electron chi connectivity index (χ4n) is 3.42. The van der Waals surface area contributed by atoms with Crippen LogP contribution in [0.1, 0.15) is 42.9 Å². The lowest BCUT2D eigenvalue weighted by Gasteiger charge is -2.20. The highest BCUT2D eigenvalue weighted by molar-refractivity contribution is 5.82. The molecule has 0 saturated heterocycles. The predicted molar refractivity (Wildman–Crippen MR) is 102 cm³/mol. The molecule has 1 fully saturated rings. The SMILES string of the molecule is COc1ccc([C@H](NC(=O)COC(=O)C2CCCC2)c2ccccc2)cc1. The minimum atomic E-state index is -0.324. The fourth-order valence-corrected chi connectivity index (χ4v) is 3.42. The highest BCUT2D eigenvalue weighted by Crippen LogP contribution is 2.26. The average Bonchev–Trinajstić information content (AvgIpc) is 3.26. The highest BCUT2D eigenvalue weighted by Gasteiger charge is 2.25. The van der Waals surface area contributed by atoms with Crippen LogP contribution in [0.3, 0.4) is 0 Å². The summed E-state index contributed by atoms with van der Waals surface area (Å²) in [5.74, 6) is 0.126. The molecule has 1 atom stereocenters. The lowest BCUT2D eigenvalue weighted by atomic mass is 9.98. The number of methoxy groups -OCH3 is 1. The molecule has 0 bridgehead atoms. The quantitative estimate of drug-likeness (QED) is 0.759. The summed E-state index contributed by atoms with van der Waals surface area (Å²) in [4.78, 5) is 24.5. The van der Waals surface area contributed by atoms with Gasteiger partial charge in [-0.2, -0.15) is 0 Å². The maximum Gasteiger partial charge on any atom is 0.309 e. The molecule has 27 heavy (non-hydrogen) atoms. The number of esters is 1. The van der Waals surface area contributed by atoms with Crippen molar-refractivity contribution in [3.05, 3.63) is 65.7 Å². The van der Waals surface area contributed by atoms with E-state index in [1.165, 1.54) is 0 Å². The van der Waals surface area contributed by atoms with Crippen LogP contribution in [0.25, 0.3) is 0 Å². The number of hydrogen-bond donors (Lipinski definition) is 1. The van der Waals surface area contributed by atoms with Crippen molar-refractivity contribution in [1.29, 1.82) is 0 Å². The van der Waals surface area contributed by atoms with Gasteiger partial charge in [-0.15, -0.1) is 0 Å². The van der Waals surface area contributed by atoms with Crippen molar-refractivity contribution >= 4 is 11.9 Å². The van der Waals surface area contributed by atoms with Crippen LogP contribution in [-0.4, -0.2) is 25.6 Å². The molecule has 1 saturated carbocycles. The molecule has 0 aromatic heterocycles. The van der Waals surface area contributed by atoms with E-state index in [-0.39, 0.29) is 30.4 Å². The second kappa shape index (κ2) is 9.21. The van der Waals surface area contributed by atoms with E-state index in [0.717, 1.165) is 42.6 Å². The first-order chi connectivity index (χ1) is 13.2. The van der Waals surface area contributed by atoms with Crippen molar-refractivity contribution in [2.24, 2.45) is 5.92 Å². The first-order valence-electron chi connectivity index (χ1n) is 9.32. The Morgan fingerprint density at radius 3 is 2.26 bits per heavy atom. The van der Waals surface area contributed by atoms with Gasteiger partial charge >= 0.3 is 5.97 Å². The third-order valence-corrected chi connectivity index (χ3v) is 4.92. The summed E-state index contributed by atoms with van der Waals surface area (Å²) in [5, 5.41) is 2.98. The minimum absolute atomic E-state index is 0.0516. The van der Waals surface area contributed by atoms with Gasteiger partial charge in [-0.25, -0.2) is 0 Å². The van der Waals surface area contributed by atoms with Gasteiger partial charge in [-0.05, 0) is 36.1 Å². The second-order valence-electron chi connectivity index (χ2n) is 6.77. The van der Waals surface area contributed by atoms with Gasteiger partial charge in [0.1, 0.15) is 5.75 Å². The van der Waals surface area contributed by atoms with Crippen LogP contribution in [0, 0.1) is 5.92 Å². The lowest BCUT2D eigenvalue weighted by Crippen LogP contribution is -2.33. The summed E-state index contributed by atoms with van der Waals surface area (Å²) in [7, 11) is 1.62. The molecule has 5 nitrogen and oxygen atoms in total. The van der Waals surface area contributed by atoms with Crippen LogP contribution in [0.5, 0.6) is 5.75 Å². The van der Waals surface area contributed by atoms with E-state index < -0.39 is 0 Å². The average molecular weight is 367 g/mol. The Hall–Kier alpha value is -2.82. The monoisotopic (exact) mass is 367 g/mol. The van der Waals surface area contributed by atoms with Crippen molar-refractivity contribution in [1.82, 2.24) is 5.32 Å². The van der Waals surface area contributed by atoms with Crippen molar-refractivity contribution in [2.45, 2.75) is 31.7 Å². The van der Waals surface area contributed by atoms with Gasteiger partial charge in [-0.1, -0.05) is 55.3 Å². The molecule has 2 aromatic carbocycles. The normalized spacial score (nSPS) is 15.1. The lowest BCUT2D eigenvalue weighted by molar-refractivity contribution is -0.152. The largest absolute Gasteiger partial charge is 0.497 e. The Kier molecular flexibility index (Phi) is 6.47. The number of nitrogens with one attached hydrogen (secondary N) is 1. The van der Waals surface area contributed by atoms with Crippen molar-refractivity contribution in [3.63, 3.8) is 0 Å². The number of ether oxygens (including phenoxy) is 2. The van der Waals surface area contributed by atoms with Crippen molar-refractivity contribution in [2.75, 3.05) is 13.7 Å². The van der Waals surface area contributed by atoms with Crippen LogP contribution < -0.4 is 10.1 Å². The maximum absolute atomic E-state index is 12.4. The molecular weight excluding hydrogens is 342 g/mol. The van der Waals surface area contributed by atoms with E-state index in [1.54, 1.807) is 7.11 Å². The van der Waals surface area contributed by atoms with E-state index in [0.29, 0.717) is 0 Å². The zero-order valence-electron chi connectivity index (χ0n) is 15.5. The molecule has 1 N–H and O–H groups in total. The smallest absolute Gasteiger partial charge is 0.309 e. The van der Waals surface area contributed by atoms with Gasteiger partial charge in [0.2, 0.25) is 0 Å². The molecule has 0 heterocycles. The van der Waals surface area contributed by atoms with E-state index in [9.17, 15) is 9.59 Å². The molecule has 1 amide bonds. The predicted octanol–water partition coefficient (Wildman–Crippen LogP) is 3.63. The zero-order chi connectivity index (χ0) is 19.1. The molecular formula is C22H25NO4. The fraction of sp³-hybridized carbons (Fsp3) is 0.364. The van der Waals surface area contributed by atoms with Gasteiger partial charge in [0.15, 0.2) is 6.61 Å². The third kappa shape index (κ3) is 5.09. The molecule has 0 spiro atoms. The molecule has 2 aromatic rings. The number of amides is 1. The molecule has 5 heteroatoms. The van der Waals surface area contributed by atoms with Gasteiger partial charge in [0.05, 0.1) is 19.1 Å². The first kappa shape index (κ1) is 19.0. The van der Waals surface area contributed by atoms with E-state index in [1.807, 2.05) is 54.6 Å². The van der Waals surface area contributed by atoms with Crippen molar-refractivity contribution < 1.29 is 19.1 Å². The number of benzene rings is 2. The molecule has 0 aliphatic heterocycles. The Balaban J connectivity index is 1.67. The minimum Gasteiger partial charge on any atom is -0.497 e. The van der Waals surface area contributed by atoms with E-state index >= 15 is 0 Å². The Bertz CT molecular complexity index is 752. The van der Waals surface area contributed by atoms with Crippen LogP contribution >= 0.6 is 0 Å². The maximum atomic E-state index is 12.4. The van der Waals surface area contributed by atoms with Gasteiger partial charge in [0.25, 0.3) is 5.91 Å². The summed E-state index contributed by atoms with van der Waals surface area (Å²) in [6.07, 6.45) is 3.83. The number of hydrogen-bond acceptors (Lipinski definition) is 4. The summed E-state index contributed by atoms with van der Waals surface area (Å²) in [5.41, 5.74) is 1.88. The van der Waals surface area contributed by atoms with E-state index in [2.05, 4.69) is 5.32 Å². The number of carbonyl (C=O) groups is 2. The van der Waals surface area contributed by atoms with Gasteiger partial charge < -0.3 is 14.8 Å². The second-order valence-corrected chi connectivity index (χ2v) is 6.77. The standard InChI is InChI=1S/C22H25NO4/c1-26-19-13-11-17(12-14-19)21(16-7-3-2-4-8-16)23-20(24)15-27-22(25)18-9-5-6-10-18/h2-4,7-8,11-14,18,21H,5-6,9-10,15H2,1H3,(H,23,24)/t21-/m1/s1. The Labute approximate surface area is 159 Å². The summed E-state index contributed by atoms with van der Waals surface area (Å²) >= 11 is 0. The van der Waals surface area contributed by atoms with E-state index in [4.69, 9.17) is 9.47 Å². The zero-order valence-corrected chi connectivity index (χ0v) is 15.5. The summed E-state index contributed by atoms with van der Waals surface area (Å²) < 4.78 is 10.4. The third-order valence-electron chi connectivity index (χ3n) is 4.92. The number of rotatable bonds is 7. The van der Waals surface area contributed by atoms with Gasteiger partial charge in [-0.3, -0.25) is 9.59 Å². The van der Waals surface area contributed by atoms with Crippen LogP contribution in [0.4, 0.5) is 0 Å². The molecule has 0 radical (unpaired) electrons.